The summed E-state index contributed by atoms with van der Waals surface area (Å²) in [5, 5.41) is 0. The molecule has 0 saturated carbocycles. The zero-order valence-corrected chi connectivity index (χ0v) is 13.7. The average molecular weight is 293 g/mol. The Morgan fingerprint density at radius 1 is 1.24 bits per heavy atom. The van der Waals surface area contributed by atoms with Crippen molar-refractivity contribution in [3.63, 3.8) is 0 Å². The van der Waals surface area contributed by atoms with E-state index in [-0.39, 0.29) is 23.5 Å². The molecule has 1 atom stereocenters. The maximum atomic E-state index is 11.4. The van der Waals surface area contributed by atoms with E-state index in [1.807, 2.05) is 52.0 Å². The Balaban J connectivity index is 2.66. The fraction of sp³-hybridized carbons (Fsp3) is 0.588. The van der Waals surface area contributed by atoms with Crippen molar-refractivity contribution in [1.82, 2.24) is 0 Å². The second-order valence-corrected chi connectivity index (χ2v) is 6.46. The Bertz CT molecular complexity index is 452. The number of hydrogen-bond acceptors (Lipinski definition) is 4. The fourth-order valence-corrected chi connectivity index (χ4v) is 2.31. The van der Waals surface area contributed by atoms with Crippen LogP contribution in [0.3, 0.4) is 0 Å². The smallest absolute Gasteiger partial charge is 0.306 e. The minimum Gasteiger partial charge on any atom is -0.491 e. The molecule has 1 unspecified atom stereocenters. The van der Waals surface area contributed by atoms with Gasteiger partial charge in [0.1, 0.15) is 5.75 Å². The first-order valence-corrected chi connectivity index (χ1v) is 7.32. The van der Waals surface area contributed by atoms with Crippen molar-refractivity contribution in [3.05, 3.63) is 29.8 Å². The molecule has 0 bridgehead atoms. The van der Waals surface area contributed by atoms with Crippen LogP contribution in [-0.2, 0) is 9.53 Å². The van der Waals surface area contributed by atoms with E-state index in [4.69, 9.17) is 15.2 Å². The maximum Gasteiger partial charge on any atom is 0.306 e. The second-order valence-electron chi connectivity index (χ2n) is 6.46. The first kappa shape index (κ1) is 17.5. The lowest BCUT2D eigenvalue weighted by Crippen LogP contribution is -2.24. The van der Waals surface area contributed by atoms with Gasteiger partial charge in [0.15, 0.2) is 0 Å². The Morgan fingerprint density at radius 3 is 2.29 bits per heavy atom. The molecular weight excluding hydrogens is 266 g/mol. The van der Waals surface area contributed by atoms with Crippen LogP contribution in [0.5, 0.6) is 5.75 Å². The van der Waals surface area contributed by atoms with Crippen LogP contribution in [0.2, 0.25) is 0 Å². The van der Waals surface area contributed by atoms with E-state index in [0.29, 0.717) is 12.8 Å². The first-order valence-electron chi connectivity index (χ1n) is 7.32. The van der Waals surface area contributed by atoms with Crippen molar-refractivity contribution >= 4 is 5.97 Å². The summed E-state index contributed by atoms with van der Waals surface area (Å²) in [6.45, 7) is 8.05. The molecule has 0 aliphatic rings. The predicted molar refractivity (Wildman–Crippen MR) is 84.2 cm³/mol. The standard InChI is InChI=1S/C17H27NO3/c1-12(2)21-14-8-6-13(7-9-14)15(18)10-17(3,4)11-16(19)20-5/h6-9,12,15H,10-11,18H2,1-5H3. The van der Waals surface area contributed by atoms with Gasteiger partial charge in [0.25, 0.3) is 0 Å². The second kappa shape index (κ2) is 7.46. The molecule has 0 aromatic heterocycles. The van der Waals surface area contributed by atoms with Crippen LogP contribution in [0.1, 0.15) is 52.1 Å². The summed E-state index contributed by atoms with van der Waals surface area (Å²) < 4.78 is 10.3. The summed E-state index contributed by atoms with van der Waals surface area (Å²) in [5.74, 6) is 0.641. The van der Waals surface area contributed by atoms with Crippen molar-refractivity contribution in [3.8, 4) is 5.75 Å². The molecule has 0 spiro atoms. The molecule has 4 heteroatoms. The van der Waals surface area contributed by atoms with E-state index in [9.17, 15) is 4.79 Å². The number of benzene rings is 1. The molecule has 21 heavy (non-hydrogen) atoms. The minimum absolute atomic E-state index is 0.113. The van der Waals surface area contributed by atoms with Crippen molar-refractivity contribution in [2.45, 2.75) is 52.7 Å². The predicted octanol–water partition coefficient (Wildman–Crippen LogP) is 3.45. The summed E-state index contributed by atoms with van der Waals surface area (Å²) in [5.41, 5.74) is 7.11. The normalized spacial score (nSPS) is 13.1. The lowest BCUT2D eigenvalue weighted by molar-refractivity contribution is -0.143. The molecular formula is C17H27NO3. The van der Waals surface area contributed by atoms with Crippen LogP contribution in [0.4, 0.5) is 0 Å². The lowest BCUT2D eigenvalue weighted by atomic mass is 9.81. The van der Waals surface area contributed by atoms with E-state index in [0.717, 1.165) is 11.3 Å². The molecule has 0 aliphatic heterocycles. The monoisotopic (exact) mass is 293 g/mol. The van der Waals surface area contributed by atoms with Crippen LogP contribution < -0.4 is 10.5 Å². The van der Waals surface area contributed by atoms with Crippen molar-refractivity contribution in [2.75, 3.05) is 7.11 Å². The van der Waals surface area contributed by atoms with Gasteiger partial charge in [-0.2, -0.15) is 0 Å². The fourth-order valence-electron chi connectivity index (χ4n) is 2.31. The molecule has 1 aromatic carbocycles. The van der Waals surface area contributed by atoms with Gasteiger partial charge in [0, 0.05) is 6.04 Å². The van der Waals surface area contributed by atoms with Crippen molar-refractivity contribution in [2.24, 2.45) is 11.1 Å². The summed E-state index contributed by atoms with van der Waals surface area (Å²) in [6.07, 6.45) is 1.24. The highest BCUT2D eigenvalue weighted by atomic mass is 16.5. The zero-order valence-electron chi connectivity index (χ0n) is 13.7. The van der Waals surface area contributed by atoms with Gasteiger partial charge < -0.3 is 15.2 Å². The highest BCUT2D eigenvalue weighted by Crippen LogP contribution is 2.32. The SMILES string of the molecule is COC(=O)CC(C)(C)CC(N)c1ccc(OC(C)C)cc1. The topological polar surface area (TPSA) is 61.5 Å². The number of methoxy groups -OCH3 is 1. The van der Waals surface area contributed by atoms with E-state index in [1.54, 1.807) is 0 Å². The van der Waals surface area contributed by atoms with Gasteiger partial charge in [-0.05, 0) is 43.4 Å². The molecule has 118 valence electrons. The van der Waals surface area contributed by atoms with Crippen molar-refractivity contribution in [1.29, 1.82) is 0 Å². The Kier molecular flexibility index (Phi) is 6.21. The molecule has 1 rings (SSSR count). The van der Waals surface area contributed by atoms with Crippen molar-refractivity contribution < 1.29 is 14.3 Å². The van der Waals surface area contributed by atoms with Crippen LogP contribution in [-0.4, -0.2) is 19.2 Å². The average Bonchev–Trinajstić information content (AvgIpc) is 2.37. The maximum absolute atomic E-state index is 11.4. The van der Waals surface area contributed by atoms with E-state index >= 15 is 0 Å². The quantitative estimate of drug-likeness (QED) is 0.782. The molecule has 0 heterocycles. The summed E-state index contributed by atoms with van der Waals surface area (Å²) in [6, 6.07) is 7.72. The lowest BCUT2D eigenvalue weighted by Gasteiger charge is -2.27. The number of carbonyl (C=O) groups is 1. The number of nitrogens with two attached hydrogens (primary N) is 1. The molecule has 1 aromatic rings. The molecule has 0 saturated heterocycles. The summed E-state index contributed by atoms with van der Waals surface area (Å²) in [4.78, 5) is 11.4. The van der Waals surface area contributed by atoms with Crippen LogP contribution in [0.15, 0.2) is 24.3 Å². The number of carbonyl (C=O) groups excluding carboxylic acids is 1. The van der Waals surface area contributed by atoms with E-state index < -0.39 is 0 Å². The third kappa shape index (κ3) is 6.17. The number of ether oxygens (including phenoxy) is 2. The van der Waals surface area contributed by atoms with E-state index in [2.05, 4.69) is 0 Å². The Labute approximate surface area is 127 Å². The third-order valence-corrected chi connectivity index (χ3v) is 3.30. The van der Waals surface area contributed by atoms with E-state index in [1.165, 1.54) is 7.11 Å². The highest BCUT2D eigenvalue weighted by molar-refractivity contribution is 5.69. The van der Waals surface area contributed by atoms with Gasteiger partial charge in [-0.1, -0.05) is 26.0 Å². The third-order valence-electron chi connectivity index (χ3n) is 3.30. The van der Waals surface area contributed by atoms with Gasteiger partial charge in [-0.25, -0.2) is 0 Å². The molecule has 4 nitrogen and oxygen atoms in total. The number of esters is 1. The number of rotatable bonds is 7. The summed E-state index contributed by atoms with van der Waals surface area (Å²) in [7, 11) is 1.41. The van der Waals surface area contributed by atoms with Gasteiger partial charge in [-0.15, -0.1) is 0 Å². The molecule has 0 fully saturated rings. The number of hydrogen-bond donors (Lipinski definition) is 1. The minimum atomic E-state index is -0.201. The van der Waals surface area contributed by atoms with Crippen LogP contribution in [0, 0.1) is 5.41 Å². The largest absolute Gasteiger partial charge is 0.491 e. The van der Waals surface area contributed by atoms with Gasteiger partial charge in [0.2, 0.25) is 0 Å². The molecule has 0 radical (unpaired) electrons. The summed E-state index contributed by atoms with van der Waals surface area (Å²) >= 11 is 0. The first-order chi connectivity index (χ1) is 9.73. The van der Waals surface area contributed by atoms with Gasteiger partial charge >= 0.3 is 5.97 Å². The van der Waals surface area contributed by atoms with Gasteiger partial charge in [0.05, 0.1) is 19.6 Å². The van der Waals surface area contributed by atoms with Gasteiger partial charge in [-0.3, -0.25) is 4.79 Å². The zero-order chi connectivity index (χ0) is 16.0. The molecule has 2 N–H and O–H groups in total. The van der Waals surface area contributed by atoms with Crippen LogP contribution >= 0.6 is 0 Å². The molecule has 0 amide bonds. The van der Waals surface area contributed by atoms with Crippen LogP contribution in [0.25, 0.3) is 0 Å². The Morgan fingerprint density at radius 2 is 1.81 bits per heavy atom. The highest BCUT2D eigenvalue weighted by Gasteiger charge is 2.25. The Hall–Kier alpha value is -1.55. The molecule has 0 aliphatic carbocycles.